The third kappa shape index (κ3) is 4.87. The molecule has 26 heavy (non-hydrogen) atoms. The van der Waals surface area contributed by atoms with Crippen molar-refractivity contribution in [2.24, 2.45) is 0 Å². The van der Waals surface area contributed by atoms with Crippen LogP contribution >= 0.6 is 23.4 Å². The molecule has 138 valence electrons. The van der Waals surface area contributed by atoms with Gasteiger partial charge in [0.05, 0.1) is 9.82 Å². The minimum Gasteiger partial charge on any atom is -0.339 e. The highest BCUT2D eigenvalue weighted by molar-refractivity contribution is 8.13. The Labute approximate surface area is 159 Å². The Hall–Kier alpha value is -2.30. The summed E-state index contributed by atoms with van der Waals surface area (Å²) in [5, 5.41) is 10.6. The zero-order chi connectivity index (χ0) is 19.5. The molecule has 0 aliphatic rings. The van der Waals surface area contributed by atoms with Gasteiger partial charge in [-0.15, -0.1) is 0 Å². The molecule has 2 rings (SSSR count). The first kappa shape index (κ1) is 20.0. The molecule has 0 bridgehead atoms. The zero-order valence-electron chi connectivity index (χ0n) is 13.7. The minimum atomic E-state index is -4.07. The number of hydrogen-bond acceptors (Lipinski definition) is 6. The molecule has 8 nitrogen and oxygen atoms in total. The largest absolute Gasteiger partial charge is 0.339 e. The Kier molecular flexibility index (Phi) is 6.11. The van der Waals surface area contributed by atoms with Crippen LogP contribution in [0.1, 0.15) is 0 Å². The van der Waals surface area contributed by atoms with Crippen LogP contribution in [0.5, 0.6) is 0 Å². The Bertz CT molecular complexity index is 964. The van der Waals surface area contributed by atoms with Crippen molar-refractivity contribution in [3.05, 3.63) is 57.6 Å². The van der Waals surface area contributed by atoms with Gasteiger partial charge in [0.25, 0.3) is 20.9 Å². The molecule has 0 unspecified atom stereocenters. The van der Waals surface area contributed by atoms with Gasteiger partial charge in [-0.1, -0.05) is 17.7 Å². The van der Waals surface area contributed by atoms with Crippen LogP contribution in [0.2, 0.25) is 5.02 Å². The van der Waals surface area contributed by atoms with E-state index < -0.39 is 20.6 Å². The maximum Gasteiger partial charge on any atom is 0.289 e. The van der Waals surface area contributed by atoms with E-state index in [1.807, 2.05) is 0 Å². The molecule has 0 aliphatic heterocycles. The van der Waals surface area contributed by atoms with E-state index >= 15 is 0 Å². The number of anilines is 1. The number of thioether (sulfide) groups is 1. The van der Waals surface area contributed by atoms with Crippen LogP contribution < -0.4 is 4.72 Å². The normalized spacial score (nSPS) is 11.0. The molecule has 0 saturated heterocycles. The van der Waals surface area contributed by atoms with Gasteiger partial charge in [0, 0.05) is 30.7 Å². The smallest absolute Gasteiger partial charge is 0.289 e. The molecule has 0 aromatic heterocycles. The molecule has 0 aliphatic carbocycles. The lowest BCUT2D eigenvalue weighted by atomic mass is 10.3. The summed E-state index contributed by atoms with van der Waals surface area (Å²) in [4.78, 5) is 23.6. The molecule has 0 atom stereocenters. The SMILES string of the molecule is CN(C)C(=O)Sc1cccc(NS(=O)(=O)c2ccc(Cl)c([N+](=O)[O-])c2)c1. The number of sulfonamides is 1. The second-order valence-electron chi connectivity index (χ2n) is 5.27. The van der Waals surface area contributed by atoms with Crippen molar-refractivity contribution in [1.29, 1.82) is 0 Å². The summed E-state index contributed by atoms with van der Waals surface area (Å²) >= 11 is 6.64. The fourth-order valence-corrected chi connectivity index (χ4v) is 3.80. The molecule has 2 aromatic rings. The third-order valence-corrected chi connectivity index (χ3v) is 5.81. The first-order valence-corrected chi connectivity index (χ1v) is 9.74. The molecule has 0 radical (unpaired) electrons. The average molecular weight is 416 g/mol. The molecular weight excluding hydrogens is 402 g/mol. The number of nitro benzene ring substituents is 1. The number of nitrogens with one attached hydrogen (secondary N) is 1. The van der Waals surface area contributed by atoms with Gasteiger partial charge in [-0.2, -0.15) is 0 Å². The monoisotopic (exact) mass is 415 g/mol. The lowest BCUT2D eigenvalue weighted by molar-refractivity contribution is -0.384. The average Bonchev–Trinajstić information content (AvgIpc) is 2.54. The predicted octanol–water partition coefficient (Wildman–Crippen LogP) is 3.82. The van der Waals surface area contributed by atoms with E-state index in [-0.39, 0.29) is 20.8 Å². The summed E-state index contributed by atoms with van der Waals surface area (Å²) in [7, 11) is -0.852. The molecule has 0 heterocycles. The van der Waals surface area contributed by atoms with Crippen molar-refractivity contribution >= 4 is 50.0 Å². The lowest BCUT2D eigenvalue weighted by Crippen LogP contribution is -2.16. The van der Waals surface area contributed by atoms with E-state index in [1.165, 1.54) is 23.1 Å². The van der Waals surface area contributed by atoms with Crippen LogP contribution in [0.15, 0.2) is 52.3 Å². The first-order valence-electron chi connectivity index (χ1n) is 7.06. The number of hydrogen-bond donors (Lipinski definition) is 1. The summed E-state index contributed by atoms with van der Waals surface area (Å²) in [6.07, 6.45) is 0. The fraction of sp³-hybridized carbons (Fsp3) is 0.133. The van der Waals surface area contributed by atoms with E-state index in [4.69, 9.17) is 11.6 Å². The van der Waals surface area contributed by atoms with Crippen LogP contribution in [0, 0.1) is 10.1 Å². The second kappa shape index (κ2) is 7.94. The highest BCUT2D eigenvalue weighted by atomic mass is 35.5. The molecule has 11 heteroatoms. The number of halogens is 1. The van der Waals surface area contributed by atoms with Crippen LogP contribution in [-0.4, -0.2) is 37.6 Å². The first-order chi connectivity index (χ1) is 12.1. The zero-order valence-corrected chi connectivity index (χ0v) is 16.1. The summed E-state index contributed by atoms with van der Waals surface area (Å²) in [5.41, 5.74) is -0.283. The van der Waals surface area contributed by atoms with Crippen molar-refractivity contribution < 1.29 is 18.1 Å². The molecule has 0 saturated carbocycles. The van der Waals surface area contributed by atoms with E-state index in [0.717, 1.165) is 23.9 Å². The Morgan fingerprint density at radius 3 is 2.54 bits per heavy atom. The van der Waals surface area contributed by atoms with Crippen LogP contribution in [0.25, 0.3) is 0 Å². The van der Waals surface area contributed by atoms with Gasteiger partial charge in [0.2, 0.25) is 0 Å². The number of benzene rings is 2. The van der Waals surface area contributed by atoms with Crippen molar-refractivity contribution in [2.75, 3.05) is 18.8 Å². The Morgan fingerprint density at radius 2 is 1.92 bits per heavy atom. The van der Waals surface area contributed by atoms with Gasteiger partial charge in [-0.3, -0.25) is 19.6 Å². The van der Waals surface area contributed by atoms with Crippen molar-refractivity contribution in [3.63, 3.8) is 0 Å². The predicted molar refractivity (Wildman–Crippen MR) is 100 cm³/mol. The quantitative estimate of drug-likeness (QED) is 0.451. The summed E-state index contributed by atoms with van der Waals surface area (Å²) in [6, 6.07) is 9.46. The molecule has 2 aromatic carbocycles. The molecule has 1 amide bonds. The number of nitrogens with zero attached hydrogens (tertiary/aromatic N) is 2. The van der Waals surface area contributed by atoms with Crippen LogP contribution in [0.3, 0.4) is 0 Å². The van der Waals surface area contributed by atoms with E-state index in [2.05, 4.69) is 4.72 Å². The van der Waals surface area contributed by atoms with Crippen LogP contribution in [-0.2, 0) is 10.0 Å². The van der Waals surface area contributed by atoms with Crippen LogP contribution in [0.4, 0.5) is 16.2 Å². The molecule has 0 fully saturated rings. The minimum absolute atomic E-state index is 0.158. The Balaban J connectivity index is 2.29. The van der Waals surface area contributed by atoms with Crippen molar-refractivity contribution in [1.82, 2.24) is 4.90 Å². The third-order valence-electron chi connectivity index (χ3n) is 3.08. The fourth-order valence-electron chi connectivity index (χ4n) is 1.83. The number of rotatable bonds is 5. The molecular formula is C15H14ClN3O5S2. The molecule has 0 spiro atoms. The number of carbonyl (C=O) groups is 1. The standard InChI is InChI=1S/C15H14ClN3O5S2/c1-18(2)15(20)25-11-5-3-4-10(8-11)17-26(23,24)12-6-7-13(16)14(9-12)19(21)22/h3-9,17H,1-2H3. The summed E-state index contributed by atoms with van der Waals surface area (Å²) in [5.74, 6) is 0. The highest BCUT2D eigenvalue weighted by Gasteiger charge is 2.21. The number of amides is 1. The topological polar surface area (TPSA) is 110 Å². The second-order valence-corrected chi connectivity index (χ2v) is 8.38. The highest BCUT2D eigenvalue weighted by Crippen LogP contribution is 2.29. The van der Waals surface area contributed by atoms with Gasteiger partial charge in [0.1, 0.15) is 5.02 Å². The van der Waals surface area contributed by atoms with Gasteiger partial charge in [-0.25, -0.2) is 8.42 Å². The van der Waals surface area contributed by atoms with Gasteiger partial charge in [-0.05, 0) is 42.1 Å². The lowest BCUT2D eigenvalue weighted by Gasteiger charge is -2.11. The van der Waals surface area contributed by atoms with Gasteiger partial charge < -0.3 is 4.90 Å². The van der Waals surface area contributed by atoms with Crippen molar-refractivity contribution in [3.8, 4) is 0 Å². The van der Waals surface area contributed by atoms with E-state index in [9.17, 15) is 23.3 Å². The van der Waals surface area contributed by atoms with E-state index in [0.29, 0.717) is 4.90 Å². The summed E-state index contributed by atoms with van der Waals surface area (Å²) < 4.78 is 27.3. The van der Waals surface area contributed by atoms with Gasteiger partial charge >= 0.3 is 0 Å². The maximum absolute atomic E-state index is 12.5. The maximum atomic E-state index is 12.5. The van der Waals surface area contributed by atoms with E-state index in [1.54, 1.807) is 26.2 Å². The summed E-state index contributed by atoms with van der Waals surface area (Å²) in [6.45, 7) is 0. The van der Waals surface area contributed by atoms with Crippen molar-refractivity contribution in [2.45, 2.75) is 9.79 Å². The number of carbonyl (C=O) groups excluding carboxylic acids is 1. The number of nitro groups is 1. The molecule has 1 N–H and O–H groups in total. The van der Waals surface area contributed by atoms with Gasteiger partial charge in [0.15, 0.2) is 0 Å². The Morgan fingerprint density at radius 1 is 1.23 bits per heavy atom.